The van der Waals surface area contributed by atoms with Crippen LogP contribution in [-0.4, -0.2) is 54.1 Å². The second-order valence-electron chi connectivity index (χ2n) is 6.67. The summed E-state index contributed by atoms with van der Waals surface area (Å²) in [5.74, 6) is 0.797. The average molecular weight is 251 g/mol. The van der Waals surface area contributed by atoms with Crippen LogP contribution in [0.5, 0.6) is 0 Å². The molecule has 3 aliphatic heterocycles. The Labute approximate surface area is 112 Å². The van der Waals surface area contributed by atoms with E-state index in [4.69, 9.17) is 5.73 Å². The minimum absolute atomic E-state index is 0.650. The molecule has 0 radical (unpaired) electrons. The van der Waals surface area contributed by atoms with Gasteiger partial charge >= 0.3 is 0 Å². The number of hydrogen-bond acceptors (Lipinski definition) is 3. The molecule has 4 atom stereocenters. The predicted octanol–water partition coefficient (Wildman–Crippen LogP) is 1.67. The van der Waals surface area contributed by atoms with Crippen LogP contribution < -0.4 is 5.73 Å². The van der Waals surface area contributed by atoms with Gasteiger partial charge in [-0.1, -0.05) is 6.92 Å². The van der Waals surface area contributed by atoms with Crippen molar-refractivity contribution in [1.29, 1.82) is 0 Å². The van der Waals surface area contributed by atoms with Gasteiger partial charge in [0, 0.05) is 24.7 Å². The molecule has 0 saturated carbocycles. The van der Waals surface area contributed by atoms with E-state index in [0.717, 1.165) is 24.5 Å². The Morgan fingerprint density at radius 1 is 1.00 bits per heavy atom. The first-order valence-electron chi connectivity index (χ1n) is 7.99. The summed E-state index contributed by atoms with van der Waals surface area (Å²) < 4.78 is 0. The highest BCUT2D eigenvalue weighted by Crippen LogP contribution is 2.33. The number of nitrogens with two attached hydrogens (primary N) is 1. The number of rotatable bonds is 2. The van der Waals surface area contributed by atoms with E-state index < -0.39 is 0 Å². The van der Waals surface area contributed by atoms with Crippen LogP contribution in [-0.2, 0) is 0 Å². The van der Waals surface area contributed by atoms with Crippen LogP contribution >= 0.6 is 0 Å². The lowest BCUT2D eigenvalue weighted by Crippen LogP contribution is -2.56. The zero-order valence-corrected chi connectivity index (χ0v) is 11.9. The van der Waals surface area contributed by atoms with Crippen molar-refractivity contribution in [3.05, 3.63) is 0 Å². The van der Waals surface area contributed by atoms with Gasteiger partial charge in [0.1, 0.15) is 0 Å². The minimum atomic E-state index is 0.650. The van der Waals surface area contributed by atoms with E-state index >= 15 is 0 Å². The van der Waals surface area contributed by atoms with Gasteiger partial charge in [-0.15, -0.1) is 0 Å². The molecule has 3 nitrogen and oxygen atoms in total. The maximum absolute atomic E-state index is 6.05. The monoisotopic (exact) mass is 251 g/mol. The lowest BCUT2D eigenvalue weighted by atomic mass is 9.86. The quantitative estimate of drug-likeness (QED) is 0.810. The Balaban J connectivity index is 1.66. The Bertz CT molecular complexity index is 281. The molecule has 0 spiro atoms. The van der Waals surface area contributed by atoms with Gasteiger partial charge in [-0.05, 0) is 64.1 Å². The van der Waals surface area contributed by atoms with Gasteiger partial charge in [0.15, 0.2) is 0 Å². The average Bonchev–Trinajstić information content (AvgIpc) is 2.85. The fourth-order valence-electron chi connectivity index (χ4n) is 4.61. The normalized spacial score (nSPS) is 43.0. The van der Waals surface area contributed by atoms with Gasteiger partial charge in [-0.2, -0.15) is 0 Å². The molecule has 3 saturated heterocycles. The summed E-state index contributed by atoms with van der Waals surface area (Å²) in [6, 6.07) is 2.36. The Hall–Kier alpha value is -0.120. The van der Waals surface area contributed by atoms with Crippen molar-refractivity contribution in [2.45, 2.75) is 63.6 Å². The number of hydrogen-bond donors (Lipinski definition) is 1. The second-order valence-corrected chi connectivity index (χ2v) is 6.67. The molecule has 104 valence electrons. The molecule has 3 rings (SSSR count). The van der Waals surface area contributed by atoms with Crippen molar-refractivity contribution in [3.8, 4) is 0 Å². The largest absolute Gasteiger partial charge is 0.329 e. The summed E-state index contributed by atoms with van der Waals surface area (Å²) >= 11 is 0. The van der Waals surface area contributed by atoms with Gasteiger partial charge in [0.25, 0.3) is 0 Å². The SMILES string of the molecule is CC1CCCN(C2CCN3CCCC3C2)C1CN. The van der Waals surface area contributed by atoms with Crippen molar-refractivity contribution in [2.75, 3.05) is 26.2 Å². The lowest BCUT2D eigenvalue weighted by Gasteiger charge is -2.48. The van der Waals surface area contributed by atoms with E-state index in [1.54, 1.807) is 0 Å². The molecule has 0 aromatic heterocycles. The highest BCUT2D eigenvalue weighted by Gasteiger charge is 2.38. The number of fused-ring (bicyclic) bond motifs is 1. The van der Waals surface area contributed by atoms with Gasteiger partial charge in [0.05, 0.1) is 0 Å². The number of likely N-dealkylation sites (tertiary alicyclic amines) is 1. The fraction of sp³-hybridized carbons (Fsp3) is 1.00. The third kappa shape index (κ3) is 2.33. The van der Waals surface area contributed by atoms with Crippen molar-refractivity contribution in [1.82, 2.24) is 9.80 Å². The standard InChI is InChI=1S/C15H29N3/c1-12-4-2-8-18(15(12)11-16)14-6-9-17-7-3-5-13(17)10-14/h12-15H,2-11,16H2,1H3. The molecule has 0 aliphatic carbocycles. The van der Waals surface area contributed by atoms with Gasteiger partial charge in [0.2, 0.25) is 0 Å². The van der Waals surface area contributed by atoms with Gasteiger partial charge in [-0.25, -0.2) is 0 Å². The predicted molar refractivity (Wildman–Crippen MR) is 75.6 cm³/mol. The highest BCUT2D eigenvalue weighted by atomic mass is 15.3. The molecule has 4 unspecified atom stereocenters. The van der Waals surface area contributed by atoms with Gasteiger partial charge < -0.3 is 10.6 Å². The summed E-state index contributed by atoms with van der Waals surface area (Å²) in [7, 11) is 0. The molecule has 2 N–H and O–H groups in total. The maximum atomic E-state index is 6.05. The molecule has 3 heteroatoms. The third-order valence-electron chi connectivity index (χ3n) is 5.66. The smallest absolute Gasteiger partial charge is 0.0246 e. The molecule has 18 heavy (non-hydrogen) atoms. The highest BCUT2D eigenvalue weighted by molar-refractivity contribution is 4.94. The molecule has 0 amide bonds. The van der Waals surface area contributed by atoms with Crippen LogP contribution in [0, 0.1) is 5.92 Å². The van der Waals surface area contributed by atoms with E-state index in [0.29, 0.717) is 6.04 Å². The zero-order valence-electron chi connectivity index (χ0n) is 11.9. The van der Waals surface area contributed by atoms with Crippen LogP contribution in [0.2, 0.25) is 0 Å². The molecular formula is C15H29N3. The fourth-order valence-corrected chi connectivity index (χ4v) is 4.61. The van der Waals surface area contributed by atoms with Crippen LogP contribution in [0.1, 0.15) is 45.4 Å². The summed E-state index contributed by atoms with van der Waals surface area (Å²) in [5.41, 5.74) is 6.05. The minimum Gasteiger partial charge on any atom is -0.329 e. The summed E-state index contributed by atoms with van der Waals surface area (Å²) in [6.07, 6.45) is 8.40. The van der Waals surface area contributed by atoms with Crippen LogP contribution in [0.3, 0.4) is 0 Å². The van der Waals surface area contributed by atoms with E-state index in [1.807, 2.05) is 0 Å². The van der Waals surface area contributed by atoms with E-state index in [1.165, 1.54) is 58.2 Å². The van der Waals surface area contributed by atoms with Crippen molar-refractivity contribution >= 4 is 0 Å². The molecular weight excluding hydrogens is 222 g/mol. The molecule has 3 aliphatic rings. The first kappa shape index (κ1) is 12.9. The lowest BCUT2D eigenvalue weighted by molar-refractivity contribution is 0.0187. The summed E-state index contributed by atoms with van der Waals surface area (Å²) in [4.78, 5) is 5.51. The molecule has 0 aromatic rings. The number of piperidine rings is 2. The summed E-state index contributed by atoms with van der Waals surface area (Å²) in [5, 5.41) is 0. The number of nitrogens with zero attached hydrogens (tertiary/aromatic N) is 2. The third-order valence-corrected chi connectivity index (χ3v) is 5.66. The Morgan fingerprint density at radius 3 is 2.67 bits per heavy atom. The Morgan fingerprint density at radius 2 is 1.83 bits per heavy atom. The van der Waals surface area contributed by atoms with Crippen LogP contribution in [0.4, 0.5) is 0 Å². The van der Waals surface area contributed by atoms with E-state index in [9.17, 15) is 0 Å². The Kier molecular flexibility index (Phi) is 3.92. The first-order chi connectivity index (χ1) is 8.79. The van der Waals surface area contributed by atoms with Gasteiger partial charge in [-0.3, -0.25) is 4.90 Å². The molecule has 0 bridgehead atoms. The molecule has 3 fully saturated rings. The molecule has 0 aromatic carbocycles. The maximum Gasteiger partial charge on any atom is 0.0246 e. The second kappa shape index (κ2) is 5.48. The van der Waals surface area contributed by atoms with Crippen LogP contribution in [0.15, 0.2) is 0 Å². The topological polar surface area (TPSA) is 32.5 Å². The van der Waals surface area contributed by atoms with Crippen molar-refractivity contribution in [2.24, 2.45) is 11.7 Å². The zero-order chi connectivity index (χ0) is 12.5. The molecule has 3 heterocycles. The van der Waals surface area contributed by atoms with Crippen molar-refractivity contribution in [3.63, 3.8) is 0 Å². The van der Waals surface area contributed by atoms with E-state index in [2.05, 4.69) is 16.7 Å². The van der Waals surface area contributed by atoms with Crippen LogP contribution in [0.25, 0.3) is 0 Å². The summed E-state index contributed by atoms with van der Waals surface area (Å²) in [6.45, 7) is 7.23. The first-order valence-corrected chi connectivity index (χ1v) is 7.99. The van der Waals surface area contributed by atoms with Crippen molar-refractivity contribution < 1.29 is 0 Å². The van der Waals surface area contributed by atoms with E-state index in [-0.39, 0.29) is 0 Å².